The molecule has 0 radical (unpaired) electrons. The van der Waals surface area contributed by atoms with Crippen molar-refractivity contribution in [3.8, 4) is 0 Å². The molecular formula is C19H22ClN3O2. The number of halogens is 1. The van der Waals surface area contributed by atoms with Gasteiger partial charge in [-0.05, 0) is 42.8 Å². The molecule has 2 aromatic rings. The fraction of sp³-hybridized carbons (Fsp3) is 0.263. The van der Waals surface area contributed by atoms with Crippen molar-refractivity contribution in [2.45, 2.75) is 19.8 Å². The molecule has 0 aromatic heterocycles. The first-order chi connectivity index (χ1) is 12.1. The van der Waals surface area contributed by atoms with Crippen LogP contribution >= 0.6 is 11.6 Å². The normalized spacial score (nSPS) is 10.2. The first kappa shape index (κ1) is 18.8. The van der Waals surface area contributed by atoms with Crippen molar-refractivity contribution in [1.82, 2.24) is 5.32 Å². The molecule has 0 atom stereocenters. The minimum atomic E-state index is -0.265. The Kier molecular flexibility index (Phi) is 7.29. The number of nitrogens with one attached hydrogen (secondary N) is 2. The molecule has 0 saturated carbocycles. The van der Waals surface area contributed by atoms with Crippen LogP contribution in [0.4, 0.5) is 16.2 Å². The molecule has 2 rings (SSSR count). The van der Waals surface area contributed by atoms with Crippen molar-refractivity contribution in [2.24, 2.45) is 0 Å². The van der Waals surface area contributed by atoms with Crippen LogP contribution in [0.3, 0.4) is 0 Å². The van der Waals surface area contributed by atoms with E-state index in [2.05, 4.69) is 10.6 Å². The Morgan fingerprint density at radius 3 is 2.36 bits per heavy atom. The highest BCUT2D eigenvalue weighted by atomic mass is 35.5. The number of hydrogen-bond donors (Lipinski definition) is 2. The summed E-state index contributed by atoms with van der Waals surface area (Å²) >= 11 is 5.87. The lowest BCUT2D eigenvalue weighted by molar-refractivity contribution is -0.121. The third kappa shape index (κ3) is 6.12. The second kappa shape index (κ2) is 9.69. The van der Waals surface area contributed by atoms with E-state index in [1.807, 2.05) is 37.3 Å². The summed E-state index contributed by atoms with van der Waals surface area (Å²) in [5.41, 5.74) is 1.42. The SMILES string of the molecule is CCCC(=O)NCCN(C(=O)Nc1ccc(Cl)cc1)c1ccccc1. The molecule has 0 spiro atoms. The molecule has 6 heteroatoms. The molecule has 25 heavy (non-hydrogen) atoms. The monoisotopic (exact) mass is 359 g/mol. The highest BCUT2D eigenvalue weighted by molar-refractivity contribution is 6.30. The zero-order valence-corrected chi connectivity index (χ0v) is 14.9. The number of hydrogen-bond acceptors (Lipinski definition) is 2. The average molecular weight is 360 g/mol. The molecule has 0 unspecified atom stereocenters. The van der Waals surface area contributed by atoms with Crippen molar-refractivity contribution >= 4 is 34.9 Å². The molecule has 0 aliphatic carbocycles. The van der Waals surface area contributed by atoms with E-state index >= 15 is 0 Å². The number of rotatable bonds is 7. The molecule has 0 aliphatic heterocycles. The van der Waals surface area contributed by atoms with E-state index in [-0.39, 0.29) is 11.9 Å². The van der Waals surface area contributed by atoms with Crippen LogP contribution in [0.2, 0.25) is 5.02 Å². The Balaban J connectivity index is 2.04. The standard InChI is InChI=1S/C19H22ClN3O2/c1-2-6-18(24)21-13-14-23(17-7-4-3-5-8-17)19(25)22-16-11-9-15(20)10-12-16/h3-5,7-12H,2,6,13-14H2,1H3,(H,21,24)(H,22,25). The molecule has 0 saturated heterocycles. The molecule has 0 fully saturated rings. The third-order valence-corrected chi connectivity index (χ3v) is 3.80. The molecule has 3 amide bonds. The second-order valence-electron chi connectivity index (χ2n) is 5.52. The number of carbonyl (C=O) groups is 2. The minimum absolute atomic E-state index is 0.00591. The molecular weight excluding hydrogens is 338 g/mol. The lowest BCUT2D eigenvalue weighted by Crippen LogP contribution is -2.41. The summed E-state index contributed by atoms with van der Waals surface area (Å²) < 4.78 is 0. The Hall–Kier alpha value is -2.53. The van der Waals surface area contributed by atoms with Gasteiger partial charge in [0, 0.05) is 35.9 Å². The number of benzene rings is 2. The Morgan fingerprint density at radius 2 is 1.72 bits per heavy atom. The Morgan fingerprint density at radius 1 is 1.04 bits per heavy atom. The number of para-hydroxylation sites is 1. The van der Waals surface area contributed by atoms with Gasteiger partial charge in [-0.15, -0.1) is 0 Å². The number of nitrogens with zero attached hydrogens (tertiary/aromatic N) is 1. The number of anilines is 2. The summed E-state index contributed by atoms with van der Waals surface area (Å²) in [5, 5.41) is 6.29. The second-order valence-corrected chi connectivity index (χ2v) is 5.96. The van der Waals surface area contributed by atoms with Crippen LogP contribution in [0, 0.1) is 0 Å². The predicted octanol–water partition coefficient (Wildman–Crippen LogP) is 4.29. The van der Waals surface area contributed by atoms with Gasteiger partial charge < -0.3 is 10.6 Å². The van der Waals surface area contributed by atoms with Crippen LogP contribution in [0.15, 0.2) is 54.6 Å². The van der Waals surface area contributed by atoms with Gasteiger partial charge in [-0.25, -0.2) is 4.79 Å². The van der Waals surface area contributed by atoms with E-state index < -0.39 is 0 Å². The van der Waals surface area contributed by atoms with Crippen LogP contribution in [0.25, 0.3) is 0 Å². The zero-order chi connectivity index (χ0) is 18.1. The van der Waals surface area contributed by atoms with E-state index in [0.717, 1.165) is 12.1 Å². The first-order valence-corrected chi connectivity index (χ1v) is 8.63. The maximum Gasteiger partial charge on any atom is 0.326 e. The summed E-state index contributed by atoms with van der Waals surface area (Å²) in [6.45, 7) is 2.72. The molecule has 2 N–H and O–H groups in total. The largest absolute Gasteiger partial charge is 0.354 e. The van der Waals surface area contributed by atoms with E-state index in [9.17, 15) is 9.59 Å². The number of amides is 3. The van der Waals surface area contributed by atoms with Crippen molar-refractivity contribution in [3.63, 3.8) is 0 Å². The highest BCUT2D eigenvalue weighted by Crippen LogP contribution is 2.17. The number of urea groups is 1. The molecule has 132 valence electrons. The molecule has 0 aliphatic rings. The average Bonchev–Trinajstić information content (AvgIpc) is 2.61. The molecule has 0 heterocycles. The lowest BCUT2D eigenvalue weighted by atomic mass is 10.3. The van der Waals surface area contributed by atoms with Gasteiger partial charge in [0.05, 0.1) is 0 Å². The molecule has 2 aromatic carbocycles. The summed E-state index contributed by atoms with van der Waals surface area (Å²) in [6.07, 6.45) is 1.29. The van der Waals surface area contributed by atoms with E-state index in [0.29, 0.717) is 30.2 Å². The summed E-state index contributed by atoms with van der Waals surface area (Å²) in [7, 11) is 0. The van der Waals surface area contributed by atoms with Crippen LogP contribution in [0.1, 0.15) is 19.8 Å². The van der Waals surface area contributed by atoms with Crippen LogP contribution < -0.4 is 15.5 Å². The van der Waals surface area contributed by atoms with Gasteiger partial charge in [-0.3, -0.25) is 9.69 Å². The van der Waals surface area contributed by atoms with Gasteiger partial charge in [-0.1, -0.05) is 36.7 Å². The fourth-order valence-electron chi connectivity index (χ4n) is 2.30. The lowest BCUT2D eigenvalue weighted by Gasteiger charge is -2.23. The topological polar surface area (TPSA) is 61.4 Å². The van der Waals surface area contributed by atoms with Crippen molar-refractivity contribution in [1.29, 1.82) is 0 Å². The van der Waals surface area contributed by atoms with Crippen molar-refractivity contribution in [2.75, 3.05) is 23.3 Å². The summed E-state index contributed by atoms with van der Waals surface area (Å²) in [5.74, 6) is -0.00591. The van der Waals surface area contributed by atoms with E-state index in [1.54, 1.807) is 29.2 Å². The van der Waals surface area contributed by atoms with Crippen LogP contribution in [-0.2, 0) is 4.79 Å². The van der Waals surface area contributed by atoms with E-state index in [1.165, 1.54) is 0 Å². The predicted molar refractivity (Wildman–Crippen MR) is 102 cm³/mol. The minimum Gasteiger partial charge on any atom is -0.354 e. The highest BCUT2D eigenvalue weighted by Gasteiger charge is 2.16. The van der Waals surface area contributed by atoms with Gasteiger partial charge in [-0.2, -0.15) is 0 Å². The molecule has 5 nitrogen and oxygen atoms in total. The fourth-order valence-corrected chi connectivity index (χ4v) is 2.43. The smallest absolute Gasteiger partial charge is 0.326 e. The zero-order valence-electron chi connectivity index (χ0n) is 14.2. The van der Waals surface area contributed by atoms with E-state index in [4.69, 9.17) is 11.6 Å². The Bertz CT molecular complexity index is 690. The van der Waals surface area contributed by atoms with Crippen LogP contribution in [-0.4, -0.2) is 25.0 Å². The van der Waals surface area contributed by atoms with Gasteiger partial charge in [0.15, 0.2) is 0 Å². The quantitative estimate of drug-likeness (QED) is 0.774. The molecule has 0 bridgehead atoms. The Labute approximate surface area is 153 Å². The van der Waals surface area contributed by atoms with Crippen molar-refractivity contribution in [3.05, 3.63) is 59.6 Å². The third-order valence-electron chi connectivity index (χ3n) is 3.54. The first-order valence-electron chi connectivity index (χ1n) is 8.26. The number of carbonyl (C=O) groups excluding carboxylic acids is 2. The van der Waals surface area contributed by atoms with Crippen LogP contribution in [0.5, 0.6) is 0 Å². The summed E-state index contributed by atoms with van der Waals surface area (Å²) in [6, 6.07) is 16.0. The van der Waals surface area contributed by atoms with Gasteiger partial charge in [0.1, 0.15) is 0 Å². The van der Waals surface area contributed by atoms with Gasteiger partial charge in [0.25, 0.3) is 0 Å². The van der Waals surface area contributed by atoms with Crippen molar-refractivity contribution < 1.29 is 9.59 Å². The summed E-state index contributed by atoms with van der Waals surface area (Å²) in [4.78, 5) is 25.9. The van der Waals surface area contributed by atoms with Gasteiger partial charge in [0.2, 0.25) is 5.91 Å². The maximum absolute atomic E-state index is 12.7. The van der Waals surface area contributed by atoms with Gasteiger partial charge >= 0.3 is 6.03 Å². The maximum atomic E-state index is 12.7.